The van der Waals surface area contributed by atoms with Crippen LogP contribution in [0.25, 0.3) is 22.2 Å². The minimum absolute atomic E-state index is 0.0811. The van der Waals surface area contributed by atoms with Crippen LogP contribution in [0, 0.1) is 5.82 Å². The summed E-state index contributed by atoms with van der Waals surface area (Å²) in [5.74, 6) is 0.882. The van der Waals surface area contributed by atoms with Crippen LogP contribution in [0.1, 0.15) is 76.7 Å². The molecule has 0 amide bonds. The molecule has 1 saturated carbocycles. The highest BCUT2D eigenvalue weighted by Crippen LogP contribution is 2.45. The summed E-state index contributed by atoms with van der Waals surface area (Å²) in [6.07, 6.45) is 11.1. The van der Waals surface area contributed by atoms with E-state index in [4.69, 9.17) is 19.7 Å². The van der Waals surface area contributed by atoms with Crippen LogP contribution in [0.3, 0.4) is 0 Å². The van der Waals surface area contributed by atoms with Gasteiger partial charge in [-0.1, -0.05) is 38.1 Å². The van der Waals surface area contributed by atoms with E-state index >= 15 is 4.39 Å². The minimum Gasteiger partial charge on any atom is -0.461 e. The highest BCUT2D eigenvalue weighted by atomic mass is 19.1. The summed E-state index contributed by atoms with van der Waals surface area (Å²) in [6.45, 7) is 8.55. The molecule has 1 aromatic carbocycles. The fourth-order valence-corrected chi connectivity index (χ4v) is 7.61. The van der Waals surface area contributed by atoms with Crippen LogP contribution in [0.4, 0.5) is 10.2 Å². The van der Waals surface area contributed by atoms with Crippen LogP contribution in [-0.2, 0) is 0 Å². The number of hydrogen-bond donors (Lipinski definition) is 1. The predicted molar refractivity (Wildman–Crippen MR) is 156 cm³/mol. The van der Waals surface area contributed by atoms with E-state index in [-0.39, 0.29) is 17.4 Å². The molecule has 2 unspecified atom stereocenters. The second-order valence-corrected chi connectivity index (χ2v) is 12.1. The molecule has 3 aromatic rings. The summed E-state index contributed by atoms with van der Waals surface area (Å²) in [7, 11) is 0. The second kappa shape index (κ2) is 10.5. The standard InChI is InChI=1S/C30H35FN6O.C2H6/c31-25-26(23-6-2-1-5-22(23)19-7-8-19)32-15-24-27(25)34-29(38-18-30-11-3-13-37(30)14-4-12-30)35-28(24)36-16-20-9-10-21(17-36)33-20;1-2/h1-2,5-6,15,19-21,33H,3-4,7-14,16-18H2;1-2H3. The van der Waals surface area contributed by atoms with Gasteiger partial charge in [0.2, 0.25) is 0 Å². The lowest BCUT2D eigenvalue weighted by Gasteiger charge is -2.34. The molecule has 5 fully saturated rings. The van der Waals surface area contributed by atoms with E-state index in [1.54, 1.807) is 6.20 Å². The molecule has 2 bridgehead atoms. The van der Waals surface area contributed by atoms with Crippen LogP contribution in [0.5, 0.6) is 6.01 Å². The van der Waals surface area contributed by atoms with Crippen molar-refractivity contribution >= 4 is 16.7 Å². The van der Waals surface area contributed by atoms with Gasteiger partial charge in [-0.05, 0) is 75.9 Å². The molecule has 2 atom stereocenters. The van der Waals surface area contributed by atoms with Crippen molar-refractivity contribution in [2.45, 2.75) is 88.8 Å². The Hall–Kier alpha value is -2.84. The van der Waals surface area contributed by atoms with Crippen molar-refractivity contribution < 1.29 is 9.13 Å². The molecule has 2 aromatic heterocycles. The zero-order chi connectivity index (χ0) is 27.3. The molecule has 8 heteroatoms. The van der Waals surface area contributed by atoms with Crippen molar-refractivity contribution in [2.75, 3.05) is 37.7 Å². The predicted octanol–water partition coefficient (Wildman–Crippen LogP) is 5.68. The first kappa shape index (κ1) is 26.1. The number of fused-ring (bicyclic) bond motifs is 4. The molecular weight excluding hydrogens is 503 g/mol. The maximum Gasteiger partial charge on any atom is 0.319 e. The Morgan fingerprint density at radius 3 is 2.45 bits per heavy atom. The number of benzene rings is 1. The van der Waals surface area contributed by atoms with Gasteiger partial charge in [-0.25, -0.2) is 4.39 Å². The quantitative estimate of drug-likeness (QED) is 0.428. The van der Waals surface area contributed by atoms with E-state index in [1.807, 2.05) is 32.0 Å². The third-order valence-corrected chi connectivity index (χ3v) is 9.67. The summed E-state index contributed by atoms with van der Waals surface area (Å²) in [6, 6.07) is 9.28. The van der Waals surface area contributed by atoms with Crippen molar-refractivity contribution in [3.05, 3.63) is 41.8 Å². The summed E-state index contributed by atoms with van der Waals surface area (Å²) in [5.41, 5.74) is 2.84. The maximum atomic E-state index is 16.4. The zero-order valence-electron chi connectivity index (χ0n) is 23.8. The Labute approximate surface area is 236 Å². The van der Waals surface area contributed by atoms with Gasteiger partial charge in [0, 0.05) is 36.9 Å². The molecule has 0 radical (unpaired) electrons. The number of halogens is 1. The maximum absolute atomic E-state index is 16.4. The number of rotatable bonds is 6. The topological polar surface area (TPSA) is 66.4 Å². The molecule has 40 heavy (non-hydrogen) atoms. The third-order valence-electron chi connectivity index (χ3n) is 9.67. The lowest BCUT2D eigenvalue weighted by atomic mass is 9.95. The Kier molecular flexibility index (Phi) is 6.87. The van der Waals surface area contributed by atoms with Gasteiger partial charge < -0.3 is 15.0 Å². The van der Waals surface area contributed by atoms with Crippen molar-refractivity contribution in [1.29, 1.82) is 0 Å². The summed E-state index contributed by atoms with van der Waals surface area (Å²) in [4.78, 5) is 19.2. The van der Waals surface area contributed by atoms with Crippen LogP contribution in [0.2, 0.25) is 0 Å². The molecule has 212 valence electrons. The van der Waals surface area contributed by atoms with E-state index in [9.17, 15) is 0 Å². The van der Waals surface area contributed by atoms with E-state index in [2.05, 4.69) is 21.2 Å². The van der Waals surface area contributed by atoms with Gasteiger partial charge in [-0.15, -0.1) is 0 Å². The Morgan fingerprint density at radius 2 is 1.73 bits per heavy atom. The number of piperazine rings is 1. The van der Waals surface area contributed by atoms with Crippen LogP contribution in [0.15, 0.2) is 30.5 Å². The summed E-state index contributed by atoms with van der Waals surface area (Å²) < 4.78 is 22.8. The third kappa shape index (κ3) is 4.53. The molecule has 6 heterocycles. The van der Waals surface area contributed by atoms with Gasteiger partial charge >= 0.3 is 6.01 Å². The van der Waals surface area contributed by atoms with E-state index in [1.165, 1.54) is 31.2 Å². The molecule has 0 spiro atoms. The first-order valence-corrected chi connectivity index (χ1v) is 15.5. The first-order chi connectivity index (χ1) is 19.7. The average Bonchev–Trinajstić information content (AvgIpc) is 3.52. The summed E-state index contributed by atoms with van der Waals surface area (Å²) in [5, 5.41) is 4.36. The van der Waals surface area contributed by atoms with E-state index < -0.39 is 0 Å². The molecular formula is C32H41FN6O. The van der Waals surface area contributed by atoms with Crippen molar-refractivity contribution in [1.82, 2.24) is 25.2 Å². The Balaban J connectivity index is 0.00000130. The molecule has 1 aliphatic carbocycles. The molecule has 7 nitrogen and oxygen atoms in total. The van der Waals surface area contributed by atoms with Crippen LogP contribution < -0.4 is 15.0 Å². The lowest BCUT2D eigenvalue weighted by molar-refractivity contribution is 0.108. The normalized spacial score (nSPS) is 25.1. The minimum atomic E-state index is -0.372. The average molecular weight is 545 g/mol. The smallest absolute Gasteiger partial charge is 0.319 e. The molecule has 5 aliphatic rings. The highest BCUT2D eigenvalue weighted by Gasteiger charge is 2.45. The zero-order valence-corrected chi connectivity index (χ0v) is 23.8. The van der Waals surface area contributed by atoms with E-state index in [0.29, 0.717) is 41.2 Å². The molecule has 1 N–H and O–H groups in total. The number of nitrogens with zero attached hydrogens (tertiary/aromatic N) is 5. The van der Waals surface area contributed by atoms with Gasteiger partial charge in [-0.2, -0.15) is 9.97 Å². The number of pyridine rings is 1. The van der Waals surface area contributed by atoms with Gasteiger partial charge in [0.15, 0.2) is 5.82 Å². The molecule has 8 rings (SSSR count). The van der Waals surface area contributed by atoms with Gasteiger partial charge in [-0.3, -0.25) is 9.88 Å². The fourth-order valence-electron chi connectivity index (χ4n) is 7.61. The number of ether oxygens (including phenoxy) is 1. The highest BCUT2D eigenvalue weighted by molar-refractivity contribution is 5.92. The van der Waals surface area contributed by atoms with Gasteiger partial charge in [0.25, 0.3) is 0 Å². The molecule has 4 saturated heterocycles. The monoisotopic (exact) mass is 544 g/mol. The second-order valence-electron chi connectivity index (χ2n) is 12.1. The lowest BCUT2D eigenvalue weighted by Crippen LogP contribution is -2.51. The van der Waals surface area contributed by atoms with E-state index in [0.717, 1.165) is 63.2 Å². The Morgan fingerprint density at radius 1 is 1.00 bits per heavy atom. The molecule has 4 aliphatic heterocycles. The number of aromatic nitrogens is 3. The van der Waals surface area contributed by atoms with Crippen molar-refractivity contribution in [3.8, 4) is 17.3 Å². The number of anilines is 1. The van der Waals surface area contributed by atoms with Gasteiger partial charge in [0.05, 0.1) is 10.9 Å². The largest absolute Gasteiger partial charge is 0.461 e. The number of nitrogens with one attached hydrogen (secondary N) is 1. The SMILES string of the molecule is CC.Fc1c(-c2ccccc2C2CC2)ncc2c(N3CC4CCC(C3)N4)nc(OCC34CCCN3CCC4)nc12. The van der Waals surface area contributed by atoms with Crippen molar-refractivity contribution in [2.24, 2.45) is 0 Å². The van der Waals surface area contributed by atoms with Crippen molar-refractivity contribution in [3.63, 3.8) is 0 Å². The van der Waals surface area contributed by atoms with Crippen LogP contribution in [-0.4, -0.2) is 70.3 Å². The fraction of sp³-hybridized carbons (Fsp3) is 0.594. The number of hydrogen-bond acceptors (Lipinski definition) is 7. The summed E-state index contributed by atoms with van der Waals surface area (Å²) >= 11 is 0. The first-order valence-electron chi connectivity index (χ1n) is 15.5. The van der Waals surface area contributed by atoms with Crippen LogP contribution >= 0.6 is 0 Å². The Bertz CT molecular complexity index is 1370. The van der Waals surface area contributed by atoms with Gasteiger partial charge in [0.1, 0.15) is 23.6 Å².